The zero-order valence-electron chi connectivity index (χ0n) is 14.8. The number of aliphatic imine (C=N–C) groups is 1. The average Bonchev–Trinajstić information content (AvgIpc) is 2.86. The molecule has 2 bridgehead atoms. The van der Waals surface area contributed by atoms with Crippen molar-refractivity contribution in [2.45, 2.75) is 68.9 Å². The van der Waals surface area contributed by atoms with Crippen molar-refractivity contribution in [3.8, 4) is 0 Å². The van der Waals surface area contributed by atoms with E-state index in [-0.39, 0.29) is 11.7 Å². The van der Waals surface area contributed by atoms with E-state index in [1.54, 1.807) is 0 Å². The second kappa shape index (κ2) is 8.04. The van der Waals surface area contributed by atoms with Gasteiger partial charge in [0, 0.05) is 24.3 Å². The minimum absolute atomic E-state index is 0.0670. The summed E-state index contributed by atoms with van der Waals surface area (Å²) in [4.78, 5) is 7.04. The van der Waals surface area contributed by atoms with E-state index in [1.807, 2.05) is 0 Å². The third kappa shape index (κ3) is 4.82. The summed E-state index contributed by atoms with van der Waals surface area (Å²) in [5, 5.41) is 0. The van der Waals surface area contributed by atoms with Crippen LogP contribution >= 0.6 is 0 Å². The van der Waals surface area contributed by atoms with Crippen LogP contribution in [-0.4, -0.2) is 61.3 Å². The van der Waals surface area contributed by atoms with Crippen molar-refractivity contribution in [1.82, 2.24) is 4.90 Å². The molecule has 2 unspecified atom stereocenters. The van der Waals surface area contributed by atoms with Crippen LogP contribution in [0.15, 0.2) is 16.6 Å². The van der Waals surface area contributed by atoms with E-state index in [1.165, 1.54) is 19.1 Å². The second-order valence-corrected chi connectivity index (χ2v) is 7.33. The van der Waals surface area contributed by atoms with Crippen molar-refractivity contribution < 1.29 is 22.6 Å². The number of alkyl halides is 3. The Labute approximate surface area is 151 Å². The number of morpholine rings is 1. The van der Waals surface area contributed by atoms with Crippen molar-refractivity contribution in [2.24, 2.45) is 16.5 Å². The Balaban J connectivity index is 1.47. The molecule has 0 aromatic rings. The van der Waals surface area contributed by atoms with E-state index in [4.69, 9.17) is 16.2 Å². The third-order valence-electron chi connectivity index (χ3n) is 5.49. The van der Waals surface area contributed by atoms with Crippen LogP contribution in [0.5, 0.6) is 0 Å². The normalized spacial score (nSPS) is 34.1. The van der Waals surface area contributed by atoms with Crippen LogP contribution in [-0.2, 0) is 9.47 Å². The molecule has 6 nitrogen and oxygen atoms in total. The minimum atomic E-state index is -4.45. The van der Waals surface area contributed by atoms with Gasteiger partial charge in [0.15, 0.2) is 6.61 Å². The minimum Gasteiger partial charge on any atom is -0.468 e. The van der Waals surface area contributed by atoms with Gasteiger partial charge in [0.1, 0.15) is 5.70 Å². The molecule has 3 fully saturated rings. The lowest BCUT2D eigenvalue weighted by atomic mass is 9.89. The van der Waals surface area contributed by atoms with Crippen molar-refractivity contribution in [1.29, 1.82) is 0 Å². The molecule has 3 rings (SSSR count). The van der Waals surface area contributed by atoms with Crippen molar-refractivity contribution >= 4 is 6.21 Å². The molecule has 2 aliphatic heterocycles. The average molecular weight is 376 g/mol. The van der Waals surface area contributed by atoms with Crippen molar-refractivity contribution in [2.75, 3.05) is 19.8 Å². The Morgan fingerprint density at radius 2 is 1.62 bits per heavy atom. The number of halogens is 3. The first-order chi connectivity index (χ1) is 12.3. The van der Waals surface area contributed by atoms with Crippen LogP contribution in [0.25, 0.3) is 0 Å². The molecule has 0 spiro atoms. The molecule has 26 heavy (non-hydrogen) atoms. The maximum absolute atomic E-state index is 12.1. The molecule has 3 aliphatic rings. The van der Waals surface area contributed by atoms with Crippen LogP contribution in [0.2, 0.25) is 0 Å². The van der Waals surface area contributed by atoms with E-state index >= 15 is 0 Å². The van der Waals surface area contributed by atoms with Crippen LogP contribution in [0.4, 0.5) is 13.2 Å². The van der Waals surface area contributed by atoms with E-state index in [0.717, 1.165) is 38.9 Å². The largest absolute Gasteiger partial charge is 0.468 e. The first-order valence-electron chi connectivity index (χ1n) is 9.16. The number of hydrogen-bond donors (Lipinski definition) is 2. The first kappa shape index (κ1) is 19.3. The molecule has 1 saturated carbocycles. The van der Waals surface area contributed by atoms with E-state index < -0.39 is 18.7 Å². The van der Waals surface area contributed by atoms with E-state index in [0.29, 0.717) is 18.1 Å². The highest BCUT2D eigenvalue weighted by Gasteiger charge is 2.42. The topological polar surface area (TPSA) is 86.1 Å². The lowest BCUT2D eigenvalue weighted by Crippen LogP contribution is -2.52. The van der Waals surface area contributed by atoms with E-state index in [2.05, 4.69) is 14.6 Å². The number of rotatable bonds is 5. The fraction of sp³-hybridized carbons (Fsp3) is 0.824. The molecular formula is C17H27F3N4O2. The molecule has 148 valence electrons. The third-order valence-corrected chi connectivity index (χ3v) is 5.49. The summed E-state index contributed by atoms with van der Waals surface area (Å²) < 4.78 is 46.4. The maximum atomic E-state index is 12.1. The monoisotopic (exact) mass is 376 g/mol. The summed E-state index contributed by atoms with van der Waals surface area (Å²) in [6.45, 7) is 0.223. The zero-order chi connectivity index (χ0) is 18.7. The molecule has 1 aliphatic carbocycles. The fourth-order valence-electron chi connectivity index (χ4n) is 4.25. The number of ether oxygens (including phenoxy) is 2. The quantitative estimate of drug-likeness (QED) is 0.565. The Hall–Kier alpha value is -1.48. The maximum Gasteiger partial charge on any atom is 0.422 e. The molecule has 4 N–H and O–H groups in total. The number of nitrogens with zero attached hydrogens (tertiary/aromatic N) is 2. The van der Waals surface area contributed by atoms with Gasteiger partial charge in [0.05, 0.1) is 19.3 Å². The van der Waals surface area contributed by atoms with Crippen LogP contribution < -0.4 is 11.5 Å². The van der Waals surface area contributed by atoms with Crippen LogP contribution in [0.1, 0.15) is 38.5 Å². The predicted octanol–water partition coefficient (Wildman–Crippen LogP) is 1.90. The standard InChI is InChI=1S/C17H27F3N4O2/c18-17(19,20)10-26-16(22)15(21)7-23-11-1-3-12(4-2-11)24-13-5-6-14(24)9-25-8-13/h7,11-14H,1-6,8-10,21-22H2. The SMILES string of the molecule is NC(C=NC1CCC(N2C3CCC2COC3)CC1)=C(N)OCC(F)(F)F. The van der Waals surface area contributed by atoms with Crippen LogP contribution in [0, 0.1) is 0 Å². The van der Waals surface area contributed by atoms with Gasteiger partial charge in [-0.05, 0) is 38.5 Å². The van der Waals surface area contributed by atoms with Gasteiger partial charge in [-0.1, -0.05) is 0 Å². The summed E-state index contributed by atoms with van der Waals surface area (Å²) >= 11 is 0. The van der Waals surface area contributed by atoms with Gasteiger partial charge in [-0.2, -0.15) is 13.2 Å². The highest BCUT2D eigenvalue weighted by atomic mass is 19.4. The number of allylic oxidation sites excluding steroid dienone is 1. The van der Waals surface area contributed by atoms with Crippen molar-refractivity contribution in [3.05, 3.63) is 11.6 Å². The molecule has 2 heterocycles. The molecule has 9 heteroatoms. The van der Waals surface area contributed by atoms with Gasteiger partial charge in [-0.15, -0.1) is 0 Å². The molecule has 0 radical (unpaired) electrons. The molecule has 2 saturated heterocycles. The smallest absolute Gasteiger partial charge is 0.422 e. The van der Waals surface area contributed by atoms with Gasteiger partial charge < -0.3 is 20.9 Å². The van der Waals surface area contributed by atoms with Crippen LogP contribution in [0.3, 0.4) is 0 Å². The molecule has 0 aromatic heterocycles. The highest BCUT2D eigenvalue weighted by molar-refractivity contribution is 5.77. The van der Waals surface area contributed by atoms with Gasteiger partial charge in [0.2, 0.25) is 5.88 Å². The van der Waals surface area contributed by atoms with E-state index in [9.17, 15) is 13.2 Å². The lowest BCUT2D eigenvalue weighted by molar-refractivity contribution is -0.165. The number of fused-ring (bicyclic) bond motifs is 2. The Bertz CT molecular complexity index is 529. The first-order valence-corrected chi connectivity index (χ1v) is 9.16. The Kier molecular flexibility index (Phi) is 5.96. The van der Waals surface area contributed by atoms with Crippen molar-refractivity contribution in [3.63, 3.8) is 0 Å². The van der Waals surface area contributed by atoms with Gasteiger partial charge in [0.25, 0.3) is 0 Å². The number of nitrogens with two attached hydrogens (primary N) is 2. The molecule has 2 atom stereocenters. The summed E-state index contributed by atoms with van der Waals surface area (Å²) in [5.74, 6) is -0.440. The fourth-order valence-corrected chi connectivity index (χ4v) is 4.25. The van der Waals surface area contributed by atoms with Gasteiger partial charge in [-0.3, -0.25) is 9.89 Å². The molecule has 0 aromatic carbocycles. The zero-order valence-corrected chi connectivity index (χ0v) is 14.8. The number of hydrogen-bond acceptors (Lipinski definition) is 6. The molecular weight excluding hydrogens is 349 g/mol. The summed E-state index contributed by atoms with van der Waals surface area (Å²) in [5.41, 5.74) is 11.0. The summed E-state index contributed by atoms with van der Waals surface area (Å²) in [6, 6.07) is 1.82. The predicted molar refractivity (Wildman–Crippen MR) is 91.4 cm³/mol. The Morgan fingerprint density at radius 1 is 1.04 bits per heavy atom. The summed E-state index contributed by atoms with van der Waals surface area (Å²) in [6.07, 6.45) is 3.34. The second-order valence-electron chi connectivity index (χ2n) is 7.33. The molecule has 0 amide bonds. The highest BCUT2D eigenvalue weighted by Crippen LogP contribution is 2.36. The summed E-state index contributed by atoms with van der Waals surface area (Å²) in [7, 11) is 0. The lowest BCUT2D eigenvalue weighted by Gasteiger charge is -2.43. The van der Waals surface area contributed by atoms with Gasteiger partial charge >= 0.3 is 6.18 Å². The van der Waals surface area contributed by atoms with Gasteiger partial charge in [-0.25, -0.2) is 0 Å². The Morgan fingerprint density at radius 3 is 2.19 bits per heavy atom.